The minimum Gasteiger partial charge on any atom is -0.802 e. The van der Waals surface area contributed by atoms with E-state index < -0.39 is 5.69 Å². The number of hydrogen-bond donors (Lipinski definition) is 0. The molecular weight excluding hydrogens is 158 g/mol. The van der Waals surface area contributed by atoms with E-state index in [1.807, 2.05) is 0 Å². The van der Waals surface area contributed by atoms with E-state index in [0.29, 0.717) is 5.52 Å². The van der Waals surface area contributed by atoms with Crippen LogP contribution in [0.1, 0.15) is 0 Å². The lowest BCUT2D eigenvalue weighted by molar-refractivity contribution is 0.963. The number of fused-ring (bicyclic) bond motifs is 1. The van der Waals surface area contributed by atoms with E-state index in [2.05, 4.69) is 9.97 Å². The summed E-state index contributed by atoms with van der Waals surface area (Å²) < 4.78 is 0.225. The van der Waals surface area contributed by atoms with E-state index >= 15 is 0 Å². The molecule has 0 atom stereocenters. The molecule has 0 radical (unpaired) electrons. The largest absolute Gasteiger partial charge is 0.802 e. The zero-order chi connectivity index (χ0) is 8.55. The lowest BCUT2D eigenvalue weighted by Gasteiger charge is -2.09. The maximum absolute atomic E-state index is 11.0. The summed E-state index contributed by atoms with van der Waals surface area (Å²) in [5, 5.41) is 11.0. The lowest BCUT2D eigenvalue weighted by atomic mass is 10.4. The number of nitrogens with zero attached hydrogens (tertiary/aromatic N) is 3. The van der Waals surface area contributed by atoms with E-state index in [4.69, 9.17) is 0 Å². The van der Waals surface area contributed by atoms with Gasteiger partial charge in [0.25, 0.3) is 0 Å². The molecule has 0 fully saturated rings. The first kappa shape index (κ1) is 6.78. The Morgan fingerprint density at radius 1 is 1.42 bits per heavy atom. The van der Waals surface area contributed by atoms with Gasteiger partial charge in [0.1, 0.15) is 5.52 Å². The van der Waals surface area contributed by atoms with Crippen molar-refractivity contribution in [2.45, 2.75) is 0 Å². The smallest absolute Gasteiger partial charge is 0.343 e. The molecule has 2 rings (SSSR count). The second-order valence-electron chi connectivity index (χ2n) is 2.24. The van der Waals surface area contributed by atoms with Crippen LogP contribution in [0, 0.1) is 5.21 Å². The third-order valence-electron chi connectivity index (χ3n) is 1.51. The molecule has 2 heterocycles. The van der Waals surface area contributed by atoms with Gasteiger partial charge in [-0.25, -0.2) is 4.79 Å². The van der Waals surface area contributed by atoms with Crippen LogP contribution in [0.5, 0.6) is 0 Å². The monoisotopic (exact) mass is 162 g/mol. The van der Waals surface area contributed by atoms with E-state index in [-0.39, 0.29) is 10.2 Å². The van der Waals surface area contributed by atoms with Crippen LogP contribution in [0.15, 0.2) is 29.3 Å². The number of pyridine rings is 1. The molecular formula is C7H4N3O2-. The summed E-state index contributed by atoms with van der Waals surface area (Å²) in [6.45, 7) is 0. The highest BCUT2D eigenvalue weighted by Gasteiger charge is 1.95. The third-order valence-corrected chi connectivity index (χ3v) is 1.51. The SMILES string of the molecule is O=c1ncc2ncccc2n1[O-]. The van der Waals surface area contributed by atoms with Gasteiger partial charge in [0.2, 0.25) is 0 Å². The quantitative estimate of drug-likeness (QED) is 0.552. The van der Waals surface area contributed by atoms with Crippen molar-refractivity contribution >= 4 is 11.0 Å². The van der Waals surface area contributed by atoms with Crippen molar-refractivity contribution in [3.05, 3.63) is 40.2 Å². The Labute approximate surface area is 66.9 Å². The number of aromatic nitrogens is 3. The van der Waals surface area contributed by atoms with Gasteiger partial charge in [-0.3, -0.25) is 4.98 Å². The van der Waals surface area contributed by atoms with Gasteiger partial charge in [0.05, 0.1) is 11.7 Å². The number of rotatable bonds is 0. The molecule has 0 aliphatic heterocycles. The second-order valence-corrected chi connectivity index (χ2v) is 2.24. The normalized spacial score (nSPS) is 10.3. The molecule has 0 saturated carbocycles. The molecule has 0 saturated heterocycles. The van der Waals surface area contributed by atoms with Crippen molar-refractivity contribution in [2.75, 3.05) is 0 Å². The Hall–Kier alpha value is -1.91. The zero-order valence-electron chi connectivity index (χ0n) is 5.97. The molecule has 0 unspecified atom stereocenters. The van der Waals surface area contributed by atoms with Gasteiger partial charge in [-0.05, 0) is 12.1 Å². The highest BCUT2D eigenvalue weighted by atomic mass is 16.5. The minimum absolute atomic E-state index is 0.225. The van der Waals surface area contributed by atoms with Gasteiger partial charge in [-0.15, -0.1) is 0 Å². The molecule has 0 N–H and O–H groups in total. The van der Waals surface area contributed by atoms with Gasteiger partial charge >= 0.3 is 5.69 Å². The van der Waals surface area contributed by atoms with Crippen molar-refractivity contribution in [2.24, 2.45) is 0 Å². The Kier molecular flexibility index (Phi) is 1.30. The van der Waals surface area contributed by atoms with Crippen molar-refractivity contribution in [1.82, 2.24) is 14.7 Å². The van der Waals surface area contributed by atoms with Crippen LogP contribution in [0.3, 0.4) is 0 Å². The minimum atomic E-state index is -0.810. The fourth-order valence-corrected chi connectivity index (χ4v) is 0.952. The highest BCUT2D eigenvalue weighted by molar-refractivity contribution is 5.73. The van der Waals surface area contributed by atoms with Crippen LogP contribution >= 0.6 is 0 Å². The maximum atomic E-state index is 11.0. The van der Waals surface area contributed by atoms with Gasteiger partial charge < -0.3 is 9.94 Å². The molecule has 0 amide bonds. The molecule has 0 aliphatic carbocycles. The third kappa shape index (κ3) is 0.833. The molecule has 2 aromatic rings. The Balaban J connectivity index is 3.01. The average Bonchev–Trinajstić information content (AvgIpc) is 2.12. The van der Waals surface area contributed by atoms with Crippen LogP contribution in [-0.2, 0) is 0 Å². The molecule has 5 heteroatoms. The zero-order valence-corrected chi connectivity index (χ0v) is 5.97. The predicted octanol–water partition coefficient (Wildman–Crippen LogP) is 0.137. The topological polar surface area (TPSA) is 70.8 Å². The molecule has 2 aromatic heterocycles. The standard InChI is InChI=1S/C7H4N3O2/c11-7-9-4-5-6(10(7)12)2-1-3-8-5/h1-4H/q-1. The van der Waals surface area contributed by atoms with Crippen LogP contribution in [0.25, 0.3) is 11.0 Å². The first-order valence-corrected chi connectivity index (χ1v) is 3.29. The lowest BCUT2D eigenvalue weighted by Crippen LogP contribution is -2.18. The first-order chi connectivity index (χ1) is 5.79. The molecule has 12 heavy (non-hydrogen) atoms. The van der Waals surface area contributed by atoms with E-state index in [9.17, 15) is 10.0 Å². The van der Waals surface area contributed by atoms with E-state index in [0.717, 1.165) is 0 Å². The van der Waals surface area contributed by atoms with Gasteiger partial charge in [0.15, 0.2) is 0 Å². The average molecular weight is 162 g/mol. The van der Waals surface area contributed by atoms with Gasteiger partial charge in [-0.2, -0.15) is 4.98 Å². The summed E-state index contributed by atoms with van der Waals surface area (Å²) in [7, 11) is 0. The van der Waals surface area contributed by atoms with Crippen molar-refractivity contribution in [1.29, 1.82) is 0 Å². The van der Waals surface area contributed by atoms with Crippen LogP contribution < -0.4 is 5.69 Å². The fraction of sp³-hybridized carbons (Fsp3) is 0. The predicted molar refractivity (Wildman–Crippen MR) is 42.6 cm³/mol. The van der Waals surface area contributed by atoms with Crippen molar-refractivity contribution in [3.63, 3.8) is 0 Å². The molecule has 0 spiro atoms. The summed E-state index contributed by atoms with van der Waals surface area (Å²) in [6, 6.07) is 3.12. The Morgan fingerprint density at radius 2 is 2.25 bits per heavy atom. The van der Waals surface area contributed by atoms with Crippen molar-refractivity contribution in [3.8, 4) is 0 Å². The summed E-state index contributed by atoms with van der Waals surface area (Å²) in [5.74, 6) is 0. The van der Waals surface area contributed by atoms with E-state index in [1.54, 1.807) is 6.07 Å². The van der Waals surface area contributed by atoms with Crippen LogP contribution in [-0.4, -0.2) is 14.7 Å². The summed E-state index contributed by atoms with van der Waals surface area (Å²) >= 11 is 0. The summed E-state index contributed by atoms with van der Waals surface area (Å²) in [4.78, 5) is 17.9. The molecule has 60 valence electrons. The molecule has 5 nitrogen and oxygen atoms in total. The first-order valence-electron chi connectivity index (χ1n) is 3.29. The molecule has 0 aliphatic rings. The summed E-state index contributed by atoms with van der Waals surface area (Å²) in [6.07, 6.45) is 2.82. The number of hydrogen-bond acceptors (Lipinski definition) is 4. The van der Waals surface area contributed by atoms with Gasteiger partial charge in [-0.1, -0.05) is 0 Å². The molecule has 0 bridgehead atoms. The van der Waals surface area contributed by atoms with Crippen LogP contribution in [0.4, 0.5) is 0 Å². The van der Waals surface area contributed by atoms with Gasteiger partial charge in [0, 0.05) is 6.20 Å². The van der Waals surface area contributed by atoms with E-state index in [1.165, 1.54) is 18.5 Å². The second kappa shape index (κ2) is 2.30. The Morgan fingerprint density at radius 3 is 3.08 bits per heavy atom. The van der Waals surface area contributed by atoms with Crippen molar-refractivity contribution < 1.29 is 0 Å². The van der Waals surface area contributed by atoms with Crippen LogP contribution in [0.2, 0.25) is 0 Å². The fourth-order valence-electron chi connectivity index (χ4n) is 0.952. The summed E-state index contributed by atoms with van der Waals surface area (Å²) in [5.41, 5.74) is -0.139. The maximum Gasteiger partial charge on any atom is 0.343 e. The Bertz CT molecular complexity index is 477. The highest BCUT2D eigenvalue weighted by Crippen LogP contribution is 2.04. The molecule has 0 aromatic carbocycles.